The first-order chi connectivity index (χ1) is 7.59. The molecule has 1 atom stereocenters. The lowest BCUT2D eigenvalue weighted by molar-refractivity contribution is -0.274. The van der Waals surface area contributed by atoms with E-state index in [0.717, 1.165) is 5.56 Å². The molecule has 0 spiro atoms. The Balaban J connectivity index is 2.94. The predicted octanol–water partition coefficient (Wildman–Crippen LogP) is 4.73. The lowest BCUT2D eigenvalue weighted by Crippen LogP contribution is -2.18. The van der Waals surface area contributed by atoms with Gasteiger partial charge in [-0.15, -0.1) is 13.2 Å². The number of hydrogen-bond donors (Lipinski definition) is 0. The van der Waals surface area contributed by atoms with Gasteiger partial charge in [0.2, 0.25) is 0 Å². The zero-order valence-electron chi connectivity index (χ0n) is 10.4. The van der Waals surface area contributed by atoms with Crippen LogP contribution in [0.4, 0.5) is 13.2 Å². The summed E-state index contributed by atoms with van der Waals surface area (Å²) in [6.07, 6.45) is -4.64. The van der Waals surface area contributed by atoms with Crippen LogP contribution in [0.25, 0.3) is 0 Å². The number of alkyl halides is 3. The highest BCUT2D eigenvalue weighted by molar-refractivity contribution is 5.31. The van der Waals surface area contributed by atoms with Crippen LogP contribution in [0.15, 0.2) is 24.3 Å². The van der Waals surface area contributed by atoms with E-state index in [1.807, 2.05) is 13.0 Å². The normalized spacial score (nSPS) is 14.5. The van der Waals surface area contributed by atoms with Gasteiger partial charge in [0.05, 0.1) is 0 Å². The van der Waals surface area contributed by atoms with E-state index < -0.39 is 6.36 Å². The van der Waals surface area contributed by atoms with Crippen molar-refractivity contribution >= 4 is 0 Å². The molecule has 17 heavy (non-hydrogen) atoms. The van der Waals surface area contributed by atoms with Gasteiger partial charge in [-0.25, -0.2) is 0 Å². The van der Waals surface area contributed by atoms with Crippen molar-refractivity contribution in [1.82, 2.24) is 0 Å². The molecule has 1 aromatic carbocycles. The van der Waals surface area contributed by atoms with Crippen molar-refractivity contribution in [3.63, 3.8) is 0 Å². The molecule has 0 aliphatic rings. The highest BCUT2D eigenvalue weighted by Crippen LogP contribution is 2.36. The average molecular weight is 246 g/mol. The van der Waals surface area contributed by atoms with Crippen molar-refractivity contribution < 1.29 is 17.9 Å². The molecule has 0 N–H and O–H groups in total. The summed E-state index contributed by atoms with van der Waals surface area (Å²) in [4.78, 5) is 0. The molecule has 0 saturated carbocycles. The van der Waals surface area contributed by atoms with E-state index in [1.165, 1.54) is 12.1 Å². The Morgan fingerprint density at radius 2 is 1.71 bits per heavy atom. The zero-order chi connectivity index (χ0) is 13.3. The topological polar surface area (TPSA) is 9.23 Å². The first-order valence-corrected chi connectivity index (χ1v) is 5.45. The van der Waals surface area contributed by atoms with Crippen LogP contribution in [0.2, 0.25) is 0 Å². The van der Waals surface area contributed by atoms with E-state index in [0.29, 0.717) is 0 Å². The van der Waals surface area contributed by atoms with Gasteiger partial charge in [0.1, 0.15) is 5.75 Å². The summed E-state index contributed by atoms with van der Waals surface area (Å²) < 4.78 is 40.2. The Kier molecular flexibility index (Phi) is 3.74. The maximum atomic E-state index is 12.1. The fourth-order valence-corrected chi connectivity index (χ4v) is 1.48. The number of halogens is 3. The molecule has 0 saturated heterocycles. The van der Waals surface area contributed by atoms with Gasteiger partial charge >= 0.3 is 6.36 Å². The first-order valence-electron chi connectivity index (χ1n) is 5.45. The van der Waals surface area contributed by atoms with Gasteiger partial charge < -0.3 is 4.74 Å². The summed E-state index contributed by atoms with van der Waals surface area (Å²) in [7, 11) is 0. The second-order valence-corrected chi connectivity index (χ2v) is 5.21. The van der Waals surface area contributed by atoms with Crippen molar-refractivity contribution in [2.24, 2.45) is 5.41 Å². The number of benzene rings is 1. The Morgan fingerprint density at radius 1 is 1.12 bits per heavy atom. The Hall–Kier alpha value is -1.19. The molecule has 96 valence electrons. The zero-order valence-corrected chi connectivity index (χ0v) is 10.4. The summed E-state index contributed by atoms with van der Waals surface area (Å²) in [5, 5.41) is 0. The number of rotatable bonds is 2. The van der Waals surface area contributed by atoms with E-state index in [2.05, 4.69) is 25.5 Å². The first kappa shape index (κ1) is 13.9. The van der Waals surface area contributed by atoms with Crippen LogP contribution >= 0.6 is 0 Å². The van der Waals surface area contributed by atoms with Crippen LogP contribution in [0, 0.1) is 5.41 Å². The summed E-state index contributed by atoms with van der Waals surface area (Å²) >= 11 is 0. The van der Waals surface area contributed by atoms with E-state index in [4.69, 9.17) is 0 Å². The smallest absolute Gasteiger partial charge is 0.406 e. The quantitative estimate of drug-likeness (QED) is 0.732. The minimum atomic E-state index is -4.64. The van der Waals surface area contributed by atoms with Gasteiger partial charge in [0, 0.05) is 0 Å². The van der Waals surface area contributed by atoms with Crippen molar-refractivity contribution in [1.29, 1.82) is 0 Å². The van der Waals surface area contributed by atoms with E-state index in [-0.39, 0.29) is 17.1 Å². The third kappa shape index (κ3) is 4.29. The summed E-state index contributed by atoms with van der Waals surface area (Å²) in [5.74, 6) is -0.00890. The van der Waals surface area contributed by atoms with Crippen molar-refractivity contribution in [2.45, 2.75) is 40.0 Å². The second-order valence-electron chi connectivity index (χ2n) is 5.21. The molecule has 1 aromatic rings. The van der Waals surface area contributed by atoms with Gasteiger partial charge in [-0.1, -0.05) is 39.8 Å². The Bertz CT molecular complexity index is 377. The second kappa shape index (κ2) is 4.59. The molecule has 0 bridgehead atoms. The molecule has 0 aliphatic carbocycles. The monoisotopic (exact) mass is 246 g/mol. The highest BCUT2D eigenvalue weighted by atomic mass is 19.4. The fraction of sp³-hybridized carbons (Fsp3) is 0.538. The number of hydrogen-bond acceptors (Lipinski definition) is 1. The average Bonchev–Trinajstić information content (AvgIpc) is 2.12. The van der Waals surface area contributed by atoms with Crippen LogP contribution in [-0.2, 0) is 0 Å². The molecule has 0 radical (unpaired) electrons. The minimum absolute atomic E-state index is 0.00312. The van der Waals surface area contributed by atoms with Gasteiger partial charge in [-0.05, 0) is 29.0 Å². The lowest BCUT2D eigenvalue weighted by atomic mass is 9.78. The lowest BCUT2D eigenvalue weighted by Gasteiger charge is -2.27. The Morgan fingerprint density at radius 3 is 2.18 bits per heavy atom. The number of ether oxygens (including phenoxy) is 1. The van der Waals surface area contributed by atoms with Gasteiger partial charge in [-0.2, -0.15) is 0 Å². The van der Waals surface area contributed by atoms with Gasteiger partial charge in [-0.3, -0.25) is 0 Å². The maximum Gasteiger partial charge on any atom is 0.573 e. The van der Waals surface area contributed by atoms with Crippen LogP contribution in [0.1, 0.15) is 39.2 Å². The molecular weight excluding hydrogens is 229 g/mol. The molecule has 0 fully saturated rings. The predicted molar refractivity (Wildman–Crippen MR) is 61.0 cm³/mol. The SMILES string of the molecule is C[C@H](c1cccc(OC(F)(F)F)c1)C(C)(C)C. The summed E-state index contributed by atoms with van der Waals surface area (Å²) in [5.41, 5.74) is 0.843. The fourth-order valence-electron chi connectivity index (χ4n) is 1.48. The molecule has 0 unspecified atom stereocenters. The van der Waals surface area contributed by atoms with Gasteiger partial charge in [0.15, 0.2) is 0 Å². The highest BCUT2D eigenvalue weighted by Gasteiger charge is 2.31. The van der Waals surface area contributed by atoms with E-state index >= 15 is 0 Å². The van der Waals surface area contributed by atoms with Crippen LogP contribution < -0.4 is 4.74 Å². The van der Waals surface area contributed by atoms with E-state index in [9.17, 15) is 13.2 Å². The molecule has 0 heterocycles. The molecule has 1 rings (SSSR count). The molecule has 0 amide bonds. The molecule has 0 aliphatic heterocycles. The Labute approximate surface area is 99.6 Å². The van der Waals surface area contributed by atoms with E-state index in [1.54, 1.807) is 6.07 Å². The standard InChI is InChI=1S/C13H17F3O/c1-9(12(2,3)4)10-6-5-7-11(8-10)17-13(14,15)16/h5-9H,1-4H3/t9-/m1/s1. The van der Waals surface area contributed by atoms with Crippen LogP contribution in [0.3, 0.4) is 0 Å². The minimum Gasteiger partial charge on any atom is -0.406 e. The summed E-state index contributed by atoms with van der Waals surface area (Å²) in [6.45, 7) is 8.14. The maximum absolute atomic E-state index is 12.1. The van der Waals surface area contributed by atoms with Crippen molar-refractivity contribution in [3.8, 4) is 5.75 Å². The van der Waals surface area contributed by atoms with Gasteiger partial charge in [0.25, 0.3) is 0 Å². The largest absolute Gasteiger partial charge is 0.573 e. The van der Waals surface area contributed by atoms with Crippen LogP contribution in [0.5, 0.6) is 5.75 Å². The van der Waals surface area contributed by atoms with Crippen molar-refractivity contribution in [3.05, 3.63) is 29.8 Å². The van der Waals surface area contributed by atoms with Crippen molar-refractivity contribution in [2.75, 3.05) is 0 Å². The molecule has 1 nitrogen and oxygen atoms in total. The summed E-state index contributed by atoms with van der Waals surface area (Å²) in [6, 6.07) is 6.16. The molecule has 4 heteroatoms. The third-order valence-corrected chi connectivity index (χ3v) is 2.89. The third-order valence-electron chi connectivity index (χ3n) is 2.89. The van der Waals surface area contributed by atoms with Crippen LogP contribution in [-0.4, -0.2) is 6.36 Å². The molecular formula is C13H17F3O. The molecule has 0 aromatic heterocycles.